The number of hydrogen-bond donors (Lipinski definition) is 2. The number of rotatable bonds is 1. The maximum Gasteiger partial charge on any atom is 0.270 e. The number of H-pyrrole nitrogens is 1. The maximum atomic E-state index is 11.6. The van der Waals surface area contributed by atoms with E-state index in [9.17, 15) is 4.79 Å². The Morgan fingerprint density at radius 2 is 2.05 bits per heavy atom. The number of nitrogen functional groups attached to an aromatic ring is 1. The van der Waals surface area contributed by atoms with Gasteiger partial charge in [0.25, 0.3) is 5.56 Å². The molecule has 92 valence electrons. The van der Waals surface area contributed by atoms with Crippen LogP contribution < -0.4 is 11.3 Å². The molecular weight excluding hydrogens is 244 g/mol. The molecule has 3 aromatic rings. The number of hydrogen-bond acceptors (Lipinski definition) is 5. The third kappa shape index (κ3) is 1.57. The summed E-state index contributed by atoms with van der Waals surface area (Å²) < 4.78 is 5.07. The number of nitrogens with one attached hydrogen (secondary N) is 1. The van der Waals surface area contributed by atoms with Crippen LogP contribution >= 0.6 is 0 Å². The minimum absolute atomic E-state index is 0.0846. The molecule has 0 aliphatic rings. The van der Waals surface area contributed by atoms with Gasteiger partial charge in [0.2, 0.25) is 5.71 Å². The largest absolute Gasteiger partial charge is 0.397 e. The predicted octanol–water partition coefficient (Wildman–Crippen LogP) is 1.64. The second-order valence-corrected chi connectivity index (χ2v) is 3.96. The van der Waals surface area contributed by atoms with Crippen molar-refractivity contribution in [1.82, 2.24) is 10.1 Å². The van der Waals surface area contributed by atoms with Gasteiger partial charge in [0.05, 0.1) is 11.1 Å². The summed E-state index contributed by atoms with van der Waals surface area (Å²) in [6.07, 6.45) is 0. The van der Waals surface area contributed by atoms with Gasteiger partial charge in [-0.25, -0.2) is 0 Å². The van der Waals surface area contributed by atoms with Gasteiger partial charge >= 0.3 is 0 Å². The van der Waals surface area contributed by atoms with Crippen LogP contribution in [0.1, 0.15) is 5.56 Å². The highest BCUT2D eigenvalue weighted by atomic mass is 16.5. The summed E-state index contributed by atoms with van der Waals surface area (Å²) in [5.74, 6) is 0. The van der Waals surface area contributed by atoms with Crippen molar-refractivity contribution in [3.05, 3.63) is 46.2 Å². The highest BCUT2D eigenvalue weighted by Gasteiger charge is 2.18. The van der Waals surface area contributed by atoms with Crippen LogP contribution in [0.2, 0.25) is 0 Å². The molecule has 0 aliphatic carbocycles. The van der Waals surface area contributed by atoms with E-state index in [0.29, 0.717) is 11.1 Å². The highest BCUT2D eigenvalue weighted by molar-refractivity contribution is 6.00. The first-order valence-electron chi connectivity index (χ1n) is 5.49. The van der Waals surface area contributed by atoms with Crippen LogP contribution in [0.5, 0.6) is 0 Å². The normalized spacial score (nSPS) is 10.5. The SMILES string of the molecule is N#Cc1c(N)c2c(-c3ccccc3)noc2[nH]c1=O. The molecule has 0 bridgehead atoms. The molecule has 0 amide bonds. The van der Waals surface area contributed by atoms with E-state index in [-0.39, 0.29) is 17.0 Å². The molecule has 3 N–H and O–H groups in total. The second-order valence-electron chi connectivity index (χ2n) is 3.96. The fraction of sp³-hybridized carbons (Fsp3) is 0. The lowest BCUT2D eigenvalue weighted by Gasteiger charge is -2.00. The minimum atomic E-state index is -0.580. The Morgan fingerprint density at radius 3 is 2.74 bits per heavy atom. The van der Waals surface area contributed by atoms with Crippen LogP contribution in [-0.2, 0) is 0 Å². The van der Waals surface area contributed by atoms with Gasteiger partial charge in [0.1, 0.15) is 17.3 Å². The molecule has 6 nitrogen and oxygen atoms in total. The number of benzene rings is 1. The molecule has 0 unspecified atom stereocenters. The molecule has 0 radical (unpaired) electrons. The topological polar surface area (TPSA) is 109 Å². The number of pyridine rings is 1. The third-order valence-corrected chi connectivity index (χ3v) is 2.84. The molecule has 0 saturated carbocycles. The lowest BCUT2D eigenvalue weighted by Crippen LogP contribution is -2.12. The molecule has 6 heteroatoms. The molecule has 2 heterocycles. The quantitative estimate of drug-likeness (QED) is 0.684. The molecule has 1 aromatic carbocycles. The van der Waals surface area contributed by atoms with Gasteiger partial charge in [0.15, 0.2) is 0 Å². The van der Waals surface area contributed by atoms with Crippen LogP contribution in [-0.4, -0.2) is 10.1 Å². The fourth-order valence-electron chi connectivity index (χ4n) is 1.94. The zero-order chi connectivity index (χ0) is 13.4. The number of nitrogens with zero attached hydrogens (tertiary/aromatic N) is 2. The number of aromatic nitrogens is 2. The summed E-state index contributed by atoms with van der Waals surface area (Å²) in [5.41, 5.74) is 6.71. The molecule has 0 atom stereocenters. The zero-order valence-corrected chi connectivity index (χ0v) is 9.68. The van der Waals surface area contributed by atoms with Crippen molar-refractivity contribution in [1.29, 1.82) is 5.26 Å². The molecule has 0 saturated heterocycles. The molecule has 2 aromatic heterocycles. The van der Waals surface area contributed by atoms with Crippen LogP contribution in [0.4, 0.5) is 5.69 Å². The zero-order valence-electron chi connectivity index (χ0n) is 9.68. The molecule has 0 spiro atoms. The summed E-state index contributed by atoms with van der Waals surface area (Å²) in [5, 5.41) is 13.3. The van der Waals surface area contributed by atoms with Crippen molar-refractivity contribution in [2.24, 2.45) is 0 Å². The number of anilines is 1. The Morgan fingerprint density at radius 1 is 1.32 bits per heavy atom. The van der Waals surface area contributed by atoms with E-state index < -0.39 is 5.56 Å². The van der Waals surface area contributed by atoms with Crippen LogP contribution in [0.25, 0.3) is 22.4 Å². The van der Waals surface area contributed by atoms with Gasteiger partial charge in [-0.15, -0.1) is 0 Å². The van der Waals surface area contributed by atoms with E-state index in [1.54, 1.807) is 6.07 Å². The van der Waals surface area contributed by atoms with E-state index in [1.165, 1.54) is 0 Å². The first kappa shape index (κ1) is 11.0. The summed E-state index contributed by atoms with van der Waals surface area (Å²) in [4.78, 5) is 14.0. The molecule has 0 aliphatic heterocycles. The average molecular weight is 252 g/mol. The van der Waals surface area contributed by atoms with Gasteiger partial charge in [-0.1, -0.05) is 35.5 Å². The summed E-state index contributed by atoms with van der Waals surface area (Å²) in [6.45, 7) is 0. The summed E-state index contributed by atoms with van der Waals surface area (Å²) in [6, 6.07) is 11.0. The van der Waals surface area contributed by atoms with Gasteiger partial charge in [-0.2, -0.15) is 5.26 Å². The van der Waals surface area contributed by atoms with Crippen molar-refractivity contribution in [3.8, 4) is 17.3 Å². The Balaban J connectivity index is 2.42. The van der Waals surface area contributed by atoms with Crippen molar-refractivity contribution in [3.63, 3.8) is 0 Å². The van der Waals surface area contributed by atoms with Gasteiger partial charge in [0, 0.05) is 5.56 Å². The summed E-state index contributed by atoms with van der Waals surface area (Å²) in [7, 11) is 0. The van der Waals surface area contributed by atoms with Crippen molar-refractivity contribution in [2.75, 3.05) is 5.73 Å². The number of fused-ring (bicyclic) bond motifs is 1. The first-order chi connectivity index (χ1) is 9.22. The van der Waals surface area contributed by atoms with Gasteiger partial charge < -0.3 is 10.3 Å². The smallest absolute Gasteiger partial charge is 0.270 e. The number of aromatic amines is 1. The molecular formula is C13H8N4O2. The summed E-state index contributed by atoms with van der Waals surface area (Å²) >= 11 is 0. The molecule has 19 heavy (non-hydrogen) atoms. The number of nitrogens with two attached hydrogens (primary N) is 1. The third-order valence-electron chi connectivity index (χ3n) is 2.84. The Kier molecular flexibility index (Phi) is 2.32. The Hall–Kier alpha value is -3.07. The van der Waals surface area contributed by atoms with E-state index >= 15 is 0 Å². The van der Waals surface area contributed by atoms with Crippen molar-refractivity contribution < 1.29 is 4.52 Å². The van der Waals surface area contributed by atoms with E-state index in [1.807, 2.05) is 30.3 Å². The van der Waals surface area contributed by atoms with Gasteiger partial charge in [-0.3, -0.25) is 9.78 Å². The number of nitriles is 1. The van der Waals surface area contributed by atoms with Crippen molar-refractivity contribution >= 4 is 16.8 Å². The average Bonchev–Trinajstić information content (AvgIpc) is 2.84. The standard InChI is InChI=1S/C13H8N4O2/c14-6-8-10(15)9-11(7-4-2-1-3-5-7)17-19-13(9)16-12(8)18/h1-5H,(H3,15,16,18). The lowest BCUT2D eigenvalue weighted by atomic mass is 10.1. The monoisotopic (exact) mass is 252 g/mol. The van der Waals surface area contributed by atoms with E-state index in [2.05, 4.69) is 10.1 Å². The highest BCUT2D eigenvalue weighted by Crippen LogP contribution is 2.31. The molecule has 3 rings (SSSR count). The van der Waals surface area contributed by atoms with Crippen LogP contribution in [0, 0.1) is 11.3 Å². The van der Waals surface area contributed by atoms with Gasteiger partial charge in [-0.05, 0) is 0 Å². The predicted molar refractivity (Wildman–Crippen MR) is 69.2 cm³/mol. The Bertz CT molecular complexity index is 856. The second kappa shape index (κ2) is 3.99. The van der Waals surface area contributed by atoms with Crippen molar-refractivity contribution in [2.45, 2.75) is 0 Å². The van der Waals surface area contributed by atoms with Crippen LogP contribution in [0.15, 0.2) is 39.6 Å². The first-order valence-corrected chi connectivity index (χ1v) is 5.49. The molecule has 0 fully saturated rings. The maximum absolute atomic E-state index is 11.6. The van der Waals surface area contributed by atoms with E-state index in [4.69, 9.17) is 15.5 Å². The Labute approximate surface area is 107 Å². The fourth-order valence-corrected chi connectivity index (χ4v) is 1.94. The lowest BCUT2D eigenvalue weighted by molar-refractivity contribution is 0.451. The van der Waals surface area contributed by atoms with E-state index in [0.717, 1.165) is 5.56 Å². The minimum Gasteiger partial charge on any atom is -0.397 e. The van der Waals surface area contributed by atoms with Crippen LogP contribution in [0.3, 0.4) is 0 Å².